The fraction of sp³-hybridized carbons (Fsp3) is 0.455. The summed E-state index contributed by atoms with van der Waals surface area (Å²) in [5.41, 5.74) is 1.82. The van der Waals surface area contributed by atoms with Crippen molar-refractivity contribution in [3.8, 4) is 11.5 Å². The van der Waals surface area contributed by atoms with Crippen LogP contribution in [-0.4, -0.2) is 76.5 Å². The summed E-state index contributed by atoms with van der Waals surface area (Å²) >= 11 is 0. The molecule has 32 heavy (non-hydrogen) atoms. The second-order valence-corrected chi connectivity index (χ2v) is 8.16. The lowest BCUT2D eigenvalue weighted by atomic mass is 10.1. The largest absolute Gasteiger partial charge is 0.486 e. The summed E-state index contributed by atoms with van der Waals surface area (Å²) in [6, 6.07) is 5.70. The number of hydrogen-bond acceptors (Lipinski definition) is 8. The third-order valence-electron chi connectivity index (χ3n) is 5.99. The van der Waals surface area contributed by atoms with Gasteiger partial charge in [-0.1, -0.05) is 6.07 Å². The molecular weight excluding hydrogens is 410 g/mol. The first-order valence-corrected chi connectivity index (χ1v) is 10.9. The molecular formula is C22H27N7O3. The molecule has 2 aliphatic heterocycles. The number of nitrogens with one attached hydrogen (secondary N) is 1. The number of carbonyl (C=O) groups is 1. The maximum Gasteiger partial charge on any atom is 0.234 e. The van der Waals surface area contributed by atoms with Crippen LogP contribution in [-0.2, 0) is 11.8 Å². The van der Waals surface area contributed by atoms with Crippen molar-refractivity contribution < 1.29 is 14.3 Å². The van der Waals surface area contributed by atoms with Crippen molar-refractivity contribution in [2.45, 2.75) is 13.0 Å². The molecule has 1 N–H and O–H groups in total. The van der Waals surface area contributed by atoms with Gasteiger partial charge in [-0.15, -0.1) is 0 Å². The van der Waals surface area contributed by atoms with E-state index in [9.17, 15) is 4.79 Å². The number of carbonyl (C=O) groups excluding carboxylic acids is 1. The number of benzene rings is 1. The van der Waals surface area contributed by atoms with Gasteiger partial charge in [0.15, 0.2) is 17.1 Å². The van der Waals surface area contributed by atoms with Crippen molar-refractivity contribution in [1.82, 2.24) is 30.0 Å². The van der Waals surface area contributed by atoms with Crippen LogP contribution >= 0.6 is 0 Å². The summed E-state index contributed by atoms with van der Waals surface area (Å²) in [7, 11) is 1.88. The first kappa shape index (κ1) is 20.5. The van der Waals surface area contributed by atoms with E-state index < -0.39 is 0 Å². The fourth-order valence-electron chi connectivity index (χ4n) is 4.22. The van der Waals surface area contributed by atoms with E-state index in [2.05, 4.69) is 30.2 Å². The lowest BCUT2D eigenvalue weighted by Gasteiger charge is -2.35. The molecule has 0 bridgehead atoms. The Morgan fingerprint density at radius 2 is 1.91 bits per heavy atom. The molecule has 3 aromatic rings. The molecule has 1 aromatic carbocycles. The van der Waals surface area contributed by atoms with Crippen molar-refractivity contribution in [3.63, 3.8) is 0 Å². The van der Waals surface area contributed by atoms with E-state index in [4.69, 9.17) is 9.47 Å². The molecule has 2 aliphatic rings. The van der Waals surface area contributed by atoms with Crippen LogP contribution in [0, 0.1) is 0 Å². The van der Waals surface area contributed by atoms with Crippen molar-refractivity contribution in [2.75, 3.05) is 50.8 Å². The zero-order valence-electron chi connectivity index (χ0n) is 18.3. The molecule has 1 saturated heterocycles. The maximum absolute atomic E-state index is 12.7. The molecule has 1 fully saturated rings. The number of hydrogen-bond donors (Lipinski definition) is 1. The number of amides is 1. The Bertz CT molecular complexity index is 1120. The van der Waals surface area contributed by atoms with E-state index in [1.54, 1.807) is 11.0 Å². The summed E-state index contributed by atoms with van der Waals surface area (Å²) in [6.07, 6.45) is 3.39. The number of anilines is 1. The Morgan fingerprint density at radius 3 is 2.72 bits per heavy atom. The van der Waals surface area contributed by atoms with Gasteiger partial charge in [0, 0.05) is 33.2 Å². The monoisotopic (exact) mass is 437 g/mol. The number of nitrogens with zero attached hydrogens (tertiary/aromatic N) is 6. The van der Waals surface area contributed by atoms with Crippen molar-refractivity contribution in [2.24, 2.45) is 7.05 Å². The SMILES string of the molecule is CC(NC(=O)CN1CCN(c2ncnc3c2cnn3C)CC1)c1ccc2c(c1)OCCO2. The Balaban J connectivity index is 1.15. The maximum atomic E-state index is 12.7. The Kier molecular flexibility index (Phi) is 5.52. The van der Waals surface area contributed by atoms with Crippen LogP contribution in [0.15, 0.2) is 30.7 Å². The molecule has 1 atom stereocenters. The third kappa shape index (κ3) is 4.05. The van der Waals surface area contributed by atoms with Gasteiger partial charge in [-0.25, -0.2) is 9.97 Å². The van der Waals surface area contributed by atoms with Crippen LogP contribution in [0.4, 0.5) is 5.82 Å². The van der Waals surface area contributed by atoms with Gasteiger partial charge in [0.05, 0.1) is 24.2 Å². The highest BCUT2D eigenvalue weighted by Crippen LogP contribution is 2.32. The number of fused-ring (bicyclic) bond motifs is 2. The van der Waals surface area contributed by atoms with Gasteiger partial charge in [0.2, 0.25) is 5.91 Å². The second-order valence-electron chi connectivity index (χ2n) is 8.16. The summed E-state index contributed by atoms with van der Waals surface area (Å²) < 4.78 is 13.0. The van der Waals surface area contributed by atoms with Gasteiger partial charge in [-0.2, -0.15) is 5.10 Å². The molecule has 5 rings (SSSR count). The highest BCUT2D eigenvalue weighted by atomic mass is 16.6. The van der Waals surface area contributed by atoms with Crippen LogP contribution in [0.1, 0.15) is 18.5 Å². The van der Waals surface area contributed by atoms with E-state index in [0.29, 0.717) is 19.8 Å². The highest BCUT2D eigenvalue weighted by molar-refractivity contribution is 5.86. The van der Waals surface area contributed by atoms with E-state index in [0.717, 1.165) is 60.1 Å². The molecule has 2 aromatic heterocycles. The van der Waals surface area contributed by atoms with E-state index >= 15 is 0 Å². The Labute approximate surface area is 186 Å². The molecule has 1 unspecified atom stereocenters. The third-order valence-corrected chi connectivity index (χ3v) is 5.99. The van der Waals surface area contributed by atoms with Gasteiger partial charge in [-0.3, -0.25) is 14.4 Å². The van der Waals surface area contributed by atoms with Gasteiger partial charge in [0.25, 0.3) is 0 Å². The molecule has 0 spiro atoms. The molecule has 1 amide bonds. The summed E-state index contributed by atoms with van der Waals surface area (Å²) in [5, 5.41) is 8.34. The molecule has 0 saturated carbocycles. The number of aromatic nitrogens is 4. The normalized spacial score (nSPS) is 17.4. The quantitative estimate of drug-likeness (QED) is 0.635. The molecule has 10 heteroatoms. The van der Waals surface area contributed by atoms with Crippen LogP contribution in [0.2, 0.25) is 0 Å². The smallest absolute Gasteiger partial charge is 0.234 e. The average molecular weight is 438 g/mol. The molecule has 4 heterocycles. The van der Waals surface area contributed by atoms with Crippen LogP contribution in [0.3, 0.4) is 0 Å². The number of rotatable bonds is 5. The Morgan fingerprint density at radius 1 is 1.12 bits per heavy atom. The van der Waals surface area contributed by atoms with Crippen LogP contribution in [0.5, 0.6) is 11.5 Å². The molecule has 168 valence electrons. The number of ether oxygens (including phenoxy) is 2. The van der Waals surface area contributed by atoms with Crippen LogP contribution in [0.25, 0.3) is 11.0 Å². The van der Waals surface area contributed by atoms with Crippen molar-refractivity contribution in [3.05, 3.63) is 36.3 Å². The number of piperazine rings is 1. The van der Waals surface area contributed by atoms with Gasteiger partial charge in [-0.05, 0) is 24.6 Å². The minimum Gasteiger partial charge on any atom is -0.486 e. The summed E-state index contributed by atoms with van der Waals surface area (Å²) in [4.78, 5) is 25.9. The predicted molar refractivity (Wildman–Crippen MR) is 119 cm³/mol. The van der Waals surface area contributed by atoms with Crippen molar-refractivity contribution in [1.29, 1.82) is 0 Å². The minimum atomic E-state index is -0.112. The predicted octanol–water partition coefficient (Wildman–Crippen LogP) is 1.13. The lowest BCUT2D eigenvalue weighted by molar-refractivity contribution is -0.123. The van der Waals surface area contributed by atoms with Gasteiger partial charge in [0.1, 0.15) is 25.4 Å². The topological polar surface area (TPSA) is 97.6 Å². The molecule has 10 nitrogen and oxygen atoms in total. The molecule has 0 radical (unpaired) electrons. The standard InChI is InChI=1S/C22H27N7O3/c1-15(16-3-4-18-19(11-16)32-10-9-31-18)26-20(30)13-28-5-7-29(8-6-28)22-17-12-25-27(2)21(17)23-14-24-22/h3-4,11-12,14-15H,5-10,13H2,1-2H3,(H,26,30). The van der Waals surface area contributed by atoms with E-state index in [1.165, 1.54) is 0 Å². The minimum absolute atomic E-state index is 0.0116. The second kappa shape index (κ2) is 8.62. The van der Waals surface area contributed by atoms with E-state index in [1.807, 2.05) is 38.4 Å². The van der Waals surface area contributed by atoms with Gasteiger partial charge >= 0.3 is 0 Å². The summed E-state index contributed by atoms with van der Waals surface area (Å²) in [6.45, 7) is 6.64. The summed E-state index contributed by atoms with van der Waals surface area (Å²) in [5.74, 6) is 2.40. The first-order valence-electron chi connectivity index (χ1n) is 10.9. The van der Waals surface area contributed by atoms with E-state index in [-0.39, 0.29) is 11.9 Å². The number of aryl methyl sites for hydroxylation is 1. The zero-order valence-corrected chi connectivity index (χ0v) is 18.3. The fourth-order valence-corrected chi connectivity index (χ4v) is 4.22. The molecule has 0 aliphatic carbocycles. The highest BCUT2D eigenvalue weighted by Gasteiger charge is 2.23. The Hall–Kier alpha value is -3.40. The lowest BCUT2D eigenvalue weighted by Crippen LogP contribution is -2.50. The first-order chi connectivity index (χ1) is 15.6. The van der Waals surface area contributed by atoms with Gasteiger partial charge < -0.3 is 19.7 Å². The van der Waals surface area contributed by atoms with Crippen molar-refractivity contribution >= 4 is 22.8 Å². The van der Waals surface area contributed by atoms with Crippen LogP contribution < -0.4 is 19.7 Å². The zero-order chi connectivity index (χ0) is 22.1. The average Bonchev–Trinajstić information content (AvgIpc) is 3.20.